The highest BCUT2D eigenvalue weighted by Gasteiger charge is 2.23. The fourth-order valence-corrected chi connectivity index (χ4v) is 4.13. The van der Waals surface area contributed by atoms with Crippen LogP contribution in [0.5, 0.6) is 11.6 Å². The summed E-state index contributed by atoms with van der Waals surface area (Å²) in [6, 6.07) is 3.42. The lowest BCUT2D eigenvalue weighted by molar-refractivity contribution is -0.119. The number of hydrogen-bond acceptors (Lipinski definition) is 6. The average molecular weight is 451 g/mol. The van der Waals surface area contributed by atoms with Crippen molar-refractivity contribution in [3.05, 3.63) is 29.5 Å². The molecule has 4 rings (SSSR count). The van der Waals surface area contributed by atoms with Crippen molar-refractivity contribution >= 4 is 22.6 Å². The van der Waals surface area contributed by atoms with Crippen LogP contribution in [0, 0.1) is 17.8 Å². The van der Waals surface area contributed by atoms with Gasteiger partial charge < -0.3 is 25.8 Å². The number of pyridine rings is 1. The predicted molar refractivity (Wildman–Crippen MR) is 125 cm³/mol. The molecule has 4 N–H and O–H groups in total. The van der Waals surface area contributed by atoms with Gasteiger partial charge in [-0.3, -0.25) is 9.59 Å². The minimum absolute atomic E-state index is 0.0312. The fraction of sp³-hybridized carbons (Fsp3) is 0.480. The molecule has 0 saturated carbocycles. The van der Waals surface area contributed by atoms with E-state index in [1.54, 1.807) is 18.3 Å². The summed E-state index contributed by atoms with van der Waals surface area (Å²) in [6.07, 6.45) is 4.77. The van der Waals surface area contributed by atoms with Crippen LogP contribution in [0.4, 0.5) is 0 Å². The summed E-state index contributed by atoms with van der Waals surface area (Å²) in [6.45, 7) is 6.00. The first-order valence-corrected chi connectivity index (χ1v) is 11.5. The van der Waals surface area contributed by atoms with Crippen molar-refractivity contribution in [3.63, 3.8) is 0 Å². The number of carbonyl (C=O) groups is 2. The topological polar surface area (TPSA) is 116 Å². The first-order valence-electron chi connectivity index (χ1n) is 11.5. The van der Waals surface area contributed by atoms with Crippen LogP contribution in [-0.2, 0) is 4.79 Å². The molecule has 3 heterocycles. The minimum atomic E-state index is -0.572. The Balaban J connectivity index is 1.74. The van der Waals surface area contributed by atoms with E-state index < -0.39 is 5.91 Å². The summed E-state index contributed by atoms with van der Waals surface area (Å²) < 4.78 is 11.9. The molecule has 2 fully saturated rings. The number of benzene rings is 1. The summed E-state index contributed by atoms with van der Waals surface area (Å²) in [5, 5.41) is 7.67. The third-order valence-electron chi connectivity index (χ3n) is 5.84. The van der Waals surface area contributed by atoms with Crippen molar-refractivity contribution in [2.75, 3.05) is 19.7 Å². The number of nitrogens with two attached hydrogens (primary N) is 1. The molecule has 8 heteroatoms. The van der Waals surface area contributed by atoms with Crippen molar-refractivity contribution in [1.82, 2.24) is 15.6 Å². The quantitative estimate of drug-likeness (QED) is 0.581. The summed E-state index contributed by atoms with van der Waals surface area (Å²) in [7, 11) is 0. The molecule has 1 aromatic carbocycles. The van der Waals surface area contributed by atoms with E-state index in [1.165, 1.54) is 0 Å². The number of amides is 2. The number of nitrogens with one attached hydrogen (secondary N) is 2. The zero-order valence-electron chi connectivity index (χ0n) is 19.1. The van der Waals surface area contributed by atoms with Crippen LogP contribution in [-0.4, -0.2) is 48.6 Å². The molecule has 2 aliphatic rings. The lowest BCUT2D eigenvalue weighted by atomic mass is 9.97. The SMILES string of the molecule is CC(C)Oc1cc2c(OCC3CCC(=O)N3)ncc(C#CC3CCNCC3)c2cc1C(N)=O. The van der Waals surface area contributed by atoms with Crippen molar-refractivity contribution in [2.24, 2.45) is 11.7 Å². The highest BCUT2D eigenvalue weighted by atomic mass is 16.5. The number of piperidine rings is 1. The fourth-order valence-electron chi connectivity index (χ4n) is 4.13. The Labute approximate surface area is 193 Å². The number of ether oxygens (including phenoxy) is 2. The number of fused-ring (bicyclic) bond motifs is 1. The molecule has 2 aliphatic heterocycles. The monoisotopic (exact) mass is 450 g/mol. The number of nitrogens with zero attached hydrogens (tertiary/aromatic N) is 1. The number of carbonyl (C=O) groups excluding carboxylic acids is 2. The maximum absolute atomic E-state index is 12.2. The van der Waals surface area contributed by atoms with E-state index in [0.717, 1.165) is 37.7 Å². The first-order chi connectivity index (χ1) is 15.9. The first kappa shape index (κ1) is 22.9. The van der Waals surface area contributed by atoms with Crippen LogP contribution in [0.25, 0.3) is 10.8 Å². The molecular weight excluding hydrogens is 420 g/mol. The Hall–Kier alpha value is -3.31. The largest absolute Gasteiger partial charge is 0.490 e. The van der Waals surface area contributed by atoms with Crippen LogP contribution in [0.3, 0.4) is 0 Å². The average Bonchev–Trinajstić information content (AvgIpc) is 3.21. The van der Waals surface area contributed by atoms with Crippen LogP contribution < -0.4 is 25.8 Å². The van der Waals surface area contributed by atoms with Gasteiger partial charge in [-0.25, -0.2) is 4.98 Å². The summed E-state index contributed by atoms with van der Waals surface area (Å²) >= 11 is 0. The molecule has 0 radical (unpaired) electrons. The van der Waals surface area contributed by atoms with Gasteiger partial charge in [-0.05, 0) is 58.3 Å². The predicted octanol–water partition coefficient (Wildman–Crippen LogP) is 2.13. The summed E-state index contributed by atoms with van der Waals surface area (Å²) in [5.74, 6) is 7.20. The maximum atomic E-state index is 12.2. The van der Waals surface area contributed by atoms with Gasteiger partial charge in [-0.15, -0.1) is 0 Å². The Kier molecular flexibility index (Phi) is 6.99. The molecule has 174 valence electrons. The van der Waals surface area contributed by atoms with Gasteiger partial charge in [0.05, 0.1) is 23.3 Å². The lowest BCUT2D eigenvalue weighted by Crippen LogP contribution is -2.31. The second kappa shape index (κ2) is 10.1. The Morgan fingerprint density at radius 1 is 1.24 bits per heavy atom. The van der Waals surface area contributed by atoms with Crippen molar-refractivity contribution < 1.29 is 19.1 Å². The third-order valence-corrected chi connectivity index (χ3v) is 5.84. The van der Waals surface area contributed by atoms with Crippen molar-refractivity contribution in [2.45, 2.75) is 51.7 Å². The standard InChI is InChI=1S/C25H30N4O4/c1-15(2)33-22-12-20-19(11-21(22)24(26)31)17(4-3-16-7-9-27-10-8-16)13-28-25(20)32-14-18-5-6-23(30)29-18/h11-13,15-16,18,27H,5-10,14H2,1-2H3,(H2,26,31)(H,29,30). The molecule has 8 nitrogen and oxygen atoms in total. The Morgan fingerprint density at radius 2 is 2.03 bits per heavy atom. The molecule has 2 aromatic rings. The minimum Gasteiger partial charge on any atom is -0.490 e. The van der Waals surface area contributed by atoms with E-state index in [9.17, 15) is 9.59 Å². The highest BCUT2D eigenvalue weighted by Crippen LogP contribution is 2.33. The van der Waals surface area contributed by atoms with E-state index in [4.69, 9.17) is 15.2 Å². The summed E-state index contributed by atoms with van der Waals surface area (Å²) in [5.41, 5.74) is 6.67. The molecule has 0 bridgehead atoms. The smallest absolute Gasteiger partial charge is 0.252 e. The highest BCUT2D eigenvalue weighted by molar-refractivity contribution is 6.03. The molecule has 0 spiro atoms. The number of rotatable bonds is 6. The van der Waals surface area contributed by atoms with Crippen LogP contribution in [0.2, 0.25) is 0 Å². The second-order valence-corrected chi connectivity index (χ2v) is 8.81. The third kappa shape index (κ3) is 5.55. The zero-order valence-corrected chi connectivity index (χ0v) is 19.1. The van der Waals surface area contributed by atoms with E-state index in [2.05, 4.69) is 27.5 Å². The Bertz CT molecular complexity index is 1110. The maximum Gasteiger partial charge on any atom is 0.252 e. The zero-order chi connectivity index (χ0) is 23.4. The van der Waals surface area contributed by atoms with E-state index in [1.807, 2.05) is 13.8 Å². The molecule has 1 aromatic heterocycles. The van der Waals surface area contributed by atoms with Gasteiger partial charge in [0.15, 0.2) is 0 Å². The van der Waals surface area contributed by atoms with Crippen LogP contribution >= 0.6 is 0 Å². The Morgan fingerprint density at radius 3 is 2.70 bits per heavy atom. The molecular formula is C25H30N4O4. The molecule has 33 heavy (non-hydrogen) atoms. The van der Waals surface area contributed by atoms with Crippen LogP contribution in [0.15, 0.2) is 18.3 Å². The molecule has 1 atom stereocenters. The van der Waals surface area contributed by atoms with Crippen molar-refractivity contribution in [1.29, 1.82) is 0 Å². The van der Waals surface area contributed by atoms with Crippen LogP contribution in [0.1, 0.15) is 55.5 Å². The van der Waals surface area contributed by atoms with Gasteiger partial charge in [0.2, 0.25) is 11.8 Å². The number of aromatic nitrogens is 1. The van der Waals surface area contributed by atoms with Gasteiger partial charge in [0.25, 0.3) is 5.91 Å². The molecule has 1 unspecified atom stereocenters. The molecule has 0 aliphatic carbocycles. The molecule has 2 saturated heterocycles. The number of hydrogen-bond donors (Lipinski definition) is 3. The van der Waals surface area contributed by atoms with Gasteiger partial charge in [0, 0.05) is 29.3 Å². The normalized spacial score (nSPS) is 18.6. The van der Waals surface area contributed by atoms with Gasteiger partial charge in [0.1, 0.15) is 12.4 Å². The van der Waals surface area contributed by atoms with Crippen molar-refractivity contribution in [3.8, 4) is 23.5 Å². The molecule has 2 amide bonds. The van der Waals surface area contributed by atoms with Gasteiger partial charge in [-0.1, -0.05) is 11.8 Å². The lowest BCUT2D eigenvalue weighted by Gasteiger charge is -2.18. The van der Waals surface area contributed by atoms with Gasteiger partial charge in [-0.2, -0.15) is 0 Å². The van der Waals surface area contributed by atoms with E-state index >= 15 is 0 Å². The summed E-state index contributed by atoms with van der Waals surface area (Å²) in [4.78, 5) is 28.2. The van der Waals surface area contributed by atoms with Gasteiger partial charge >= 0.3 is 0 Å². The van der Waals surface area contributed by atoms with E-state index in [-0.39, 0.29) is 18.1 Å². The second-order valence-electron chi connectivity index (χ2n) is 8.81. The van der Waals surface area contributed by atoms with E-state index in [0.29, 0.717) is 47.1 Å². The number of primary amides is 1.